The molecule has 1 unspecified atom stereocenters. The first kappa shape index (κ1) is 12.7. The number of thiophene rings is 1. The molecule has 17 heavy (non-hydrogen) atoms. The standard InChI is InChI=1S/C13H18N2S2/c1-3-10-5-6-13(17-10)12(15-4-2)7-11-8-14-9-16-11/h5-6,8-9,12,15H,3-4,7H2,1-2H3. The van der Waals surface area contributed by atoms with Gasteiger partial charge >= 0.3 is 0 Å². The lowest BCUT2D eigenvalue weighted by molar-refractivity contribution is 0.561. The summed E-state index contributed by atoms with van der Waals surface area (Å²) in [4.78, 5) is 8.40. The van der Waals surface area contributed by atoms with Gasteiger partial charge in [0, 0.05) is 33.3 Å². The van der Waals surface area contributed by atoms with Gasteiger partial charge in [-0.05, 0) is 25.1 Å². The maximum atomic E-state index is 4.14. The highest BCUT2D eigenvalue weighted by Gasteiger charge is 2.14. The molecule has 2 nitrogen and oxygen atoms in total. The Balaban J connectivity index is 2.10. The average Bonchev–Trinajstić information content (AvgIpc) is 2.99. The molecule has 2 aromatic heterocycles. The average molecular weight is 266 g/mol. The second kappa shape index (κ2) is 6.28. The van der Waals surface area contributed by atoms with E-state index >= 15 is 0 Å². The molecule has 1 N–H and O–H groups in total. The minimum Gasteiger partial charge on any atom is -0.309 e. The van der Waals surface area contributed by atoms with E-state index in [0.717, 1.165) is 19.4 Å². The van der Waals surface area contributed by atoms with Crippen LogP contribution in [-0.4, -0.2) is 11.5 Å². The normalized spacial score (nSPS) is 12.8. The third-order valence-electron chi connectivity index (χ3n) is 2.71. The molecule has 0 aromatic carbocycles. The highest BCUT2D eigenvalue weighted by atomic mass is 32.1. The van der Waals surface area contributed by atoms with Crippen molar-refractivity contribution in [2.75, 3.05) is 6.54 Å². The Morgan fingerprint density at radius 2 is 2.18 bits per heavy atom. The zero-order valence-corrected chi connectivity index (χ0v) is 11.9. The highest BCUT2D eigenvalue weighted by Crippen LogP contribution is 2.27. The molecule has 2 heterocycles. The van der Waals surface area contributed by atoms with Crippen LogP contribution in [0.15, 0.2) is 23.8 Å². The molecule has 2 aromatic rings. The van der Waals surface area contributed by atoms with Crippen molar-refractivity contribution in [2.45, 2.75) is 32.7 Å². The molecule has 0 spiro atoms. The lowest BCUT2D eigenvalue weighted by atomic mass is 10.1. The summed E-state index contributed by atoms with van der Waals surface area (Å²) in [6, 6.07) is 4.94. The van der Waals surface area contributed by atoms with Crippen LogP contribution in [0.25, 0.3) is 0 Å². The van der Waals surface area contributed by atoms with Crippen LogP contribution in [0.5, 0.6) is 0 Å². The van der Waals surface area contributed by atoms with Gasteiger partial charge in [-0.3, -0.25) is 4.98 Å². The number of hydrogen-bond donors (Lipinski definition) is 1. The molecule has 0 radical (unpaired) electrons. The van der Waals surface area contributed by atoms with Gasteiger partial charge in [0.25, 0.3) is 0 Å². The van der Waals surface area contributed by atoms with Crippen molar-refractivity contribution < 1.29 is 0 Å². The van der Waals surface area contributed by atoms with Gasteiger partial charge in [0.1, 0.15) is 0 Å². The monoisotopic (exact) mass is 266 g/mol. The van der Waals surface area contributed by atoms with Crippen LogP contribution in [0, 0.1) is 0 Å². The Hall–Kier alpha value is -0.710. The maximum Gasteiger partial charge on any atom is 0.0794 e. The van der Waals surface area contributed by atoms with Crippen molar-refractivity contribution in [3.05, 3.63) is 38.5 Å². The van der Waals surface area contributed by atoms with Crippen LogP contribution in [0.2, 0.25) is 0 Å². The number of aromatic nitrogens is 1. The quantitative estimate of drug-likeness (QED) is 0.863. The van der Waals surface area contributed by atoms with Crippen molar-refractivity contribution in [2.24, 2.45) is 0 Å². The molecule has 2 rings (SSSR count). The molecule has 0 amide bonds. The van der Waals surface area contributed by atoms with Gasteiger partial charge in [-0.15, -0.1) is 22.7 Å². The number of thiazole rings is 1. The van der Waals surface area contributed by atoms with Crippen molar-refractivity contribution in [1.82, 2.24) is 10.3 Å². The summed E-state index contributed by atoms with van der Waals surface area (Å²) in [6.07, 6.45) is 4.15. The second-order valence-corrected chi connectivity index (χ2v) is 6.11. The van der Waals surface area contributed by atoms with Crippen LogP contribution in [-0.2, 0) is 12.8 Å². The van der Waals surface area contributed by atoms with E-state index in [4.69, 9.17) is 0 Å². The molecule has 0 aliphatic carbocycles. The highest BCUT2D eigenvalue weighted by molar-refractivity contribution is 7.12. The van der Waals surface area contributed by atoms with Crippen LogP contribution in [0.1, 0.15) is 34.5 Å². The lowest BCUT2D eigenvalue weighted by Gasteiger charge is -2.15. The second-order valence-electron chi connectivity index (χ2n) is 3.94. The Bertz CT molecular complexity index is 434. The minimum absolute atomic E-state index is 0.436. The van der Waals surface area contributed by atoms with Gasteiger partial charge in [-0.25, -0.2) is 0 Å². The first-order valence-corrected chi connectivity index (χ1v) is 7.72. The van der Waals surface area contributed by atoms with Crippen molar-refractivity contribution >= 4 is 22.7 Å². The van der Waals surface area contributed by atoms with Gasteiger partial charge in [0.2, 0.25) is 0 Å². The third kappa shape index (κ3) is 3.37. The predicted molar refractivity (Wildman–Crippen MR) is 75.9 cm³/mol. The number of rotatable bonds is 6. The summed E-state index contributed by atoms with van der Waals surface area (Å²) in [5.41, 5.74) is 1.91. The van der Waals surface area contributed by atoms with Crippen molar-refractivity contribution in [3.63, 3.8) is 0 Å². The summed E-state index contributed by atoms with van der Waals surface area (Å²) >= 11 is 3.66. The van der Waals surface area contributed by atoms with E-state index in [0.29, 0.717) is 6.04 Å². The minimum atomic E-state index is 0.436. The summed E-state index contributed by atoms with van der Waals surface area (Å²) < 4.78 is 0. The Morgan fingerprint density at radius 3 is 2.76 bits per heavy atom. The van der Waals surface area contributed by atoms with Crippen LogP contribution in [0.3, 0.4) is 0 Å². The van der Waals surface area contributed by atoms with Gasteiger partial charge in [-0.1, -0.05) is 13.8 Å². The number of hydrogen-bond acceptors (Lipinski definition) is 4. The largest absolute Gasteiger partial charge is 0.309 e. The molecule has 0 saturated carbocycles. The maximum absolute atomic E-state index is 4.14. The zero-order valence-electron chi connectivity index (χ0n) is 10.3. The van der Waals surface area contributed by atoms with E-state index in [1.165, 1.54) is 14.6 Å². The molecule has 0 fully saturated rings. The first-order chi connectivity index (χ1) is 8.33. The Labute approximate surface area is 111 Å². The molecular formula is C13H18N2S2. The molecule has 92 valence electrons. The third-order valence-corrected chi connectivity index (χ3v) is 4.86. The molecular weight excluding hydrogens is 248 g/mol. The van der Waals surface area contributed by atoms with E-state index in [1.807, 2.05) is 23.0 Å². The molecule has 0 bridgehead atoms. The van der Waals surface area contributed by atoms with E-state index < -0.39 is 0 Å². The van der Waals surface area contributed by atoms with Gasteiger partial charge < -0.3 is 5.32 Å². The Kier molecular flexibility index (Phi) is 4.71. The smallest absolute Gasteiger partial charge is 0.0794 e. The van der Waals surface area contributed by atoms with Gasteiger partial charge in [-0.2, -0.15) is 0 Å². The molecule has 0 saturated heterocycles. The fourth-order valence-electron chi connectivity index (χ4n) is 1.84. The number of aryl methyl sites for hydroxylation is 1. The summed E-state index contributed by atoms with van der Waals surface area (Å²) in [6.45, 7) is 5.37. The Morgan fingerprint density at radius 1 is 1.29 bits per heavy atom. The fourth-order valence-corrected chi connectivity index (χ4v) is 3.51. The number of nitrogens with one attached hydrogen (secondary N) is 1. The molecule has 4 heteroatoms. The van der Waals surface area contributed by atoms with E-state index in [-0.39, 0.29) is 0 Å². The van der Waals surface area contributed by atoms with Crippen molar-refractivity contribution in [3.8, 4) is 0 Å². The topological polar surface area (TPSA) is 24.9 Å². The fraction of sp³-hybridized carbons (Fsp3) is 0.462. The summed E-state index contributed by atoms with van der Waals surface area (Å²) in [5, 5.41) is 3.56. The van der Waals surface area contributed by atoms with E-state index in [2.05, 4.69) is 36.3 Å². The van der Waals surface area contributed by atoms with Gasteiger partial charge in [0.05, 0.1) is 5.51 Å². The van der Waals surface area contributed by atoms with Crippen molar-refractivity contribution in [1.29, 1.82) is 0 Å². The van der Waals surface area contributed by atoms with Gasteiger partial charge in [0.15, 0.2) is 0 Å². The lowest BCUT2D eigenvalue weighted by Crippen LogP contribution is -2.21. The SMILES string of the molecule is CCNC(Cc1cncs1)c1ccc(CC)s1. The van der Waals surface area contributed by atoms with Crippen LogP contribution in [0.4, 0.5) is 0 Å². The van der Waals surface area contributed by atoms with E-state index in [9.17, 15) is 0 Å². The van der Waals surface area contributed by atoms with Crippen LogP contribution < -0.4 is 5.32 Å². The number of nitrogens with zero attached hydrogens (tertiary/aromatic N) is 1. The molecule has 0 aliphatic heterocycles. The first-order valence-electron chi connectivity index (χ1n) is 6.02. The zero-order chi connectivity index (χ0) is 12.1. The number of likely N-dealkylation sites (N-methyl/N-ethyl adjacent to an activating group) is 1. The van der Waals surface area contributed by atoms with E-state index in [1.54, 1.807) is 11.3 Å². The predicted octanol–water partition coefficient (Wildman–Crippen LogP) is 3.66. The summed E-state index contributed by atoms with van der Waals surface area (Å²) in [7, 11) is 0. The molecule has 0 aliphatic rings. The van der Waals surface area contributed by atoms with Crippen LogP contribution >= 0.6 is 22.7 Å². The summed E-state index contributed by atoms with van der Waals surface area (Å²) in [5.74, 6) is 0. The molecule has 1 atom stereocenters.